The van der Waals surface area contributed by atoms with Crippen LogP contribution in [0.5, 0.6) is 5.75 Å². The van der Waals surface area contributed by atoms with Gasteiger partial charge in [0.2, 0.25) is 0 Å². The molecule has 0 spiro atoms. The molecular formula is C24H31N3O3S. The first kappa shape index (κ1) is 23.0. The number of phenols is 1. The first-order valence-corrected chi connectivity index (χ1v) is 11.4. The van der Waals surface area contributed by atoms with Crippen LogP contribution >= 0.6 is 11.3 Å². The quantitative estimate of drug-likeness (QED) is 0.419. The summed E-state index contributed by atoms with van der Waals surface area (Å²) in [5, 5.41) is 20.4. The average Bonchev–Trinajstić information content (AvgIpc) is 3.20. The van der Waals surface area contributed by atoms with Crippen LogP contribution in [-0.2, 0) is 12.8 Å². The molecular weight excluding hydrogens is 410 g/mol. The van der Waals surface area contributed by atoms with E-state index in [1.165, 1.54) is 11.1 Å². The van der Waals surface area contributed by atoms with E-state index in [4.69, 9.17) is 0 Å². The van der Waals surface area contributed by atoms with Crippen LogP contribution in [0.3, 0.4) is 0 Å². The second-order valence-electron chi connectivity index (χ2n) is 8.55. The van der Waals surface area contributed by atoms with Crippen LogP contribution in [0.15, 0.2) is 38.5 Å². The number of rotatable bonds is 10. The van der Waals surface area contributed by atoms with Crippen molar-refractivity contribution < 1.29 is 5.11 Å². The Morgan fingerprint density at radius 3 is 2.29 bits per heavy atom. The summed E-state index contributed by atoms with van der Waals surface area (Å²) in [6.07, 6.45) is 1.56. The van der Waals surface area contributed by atoms with Crippen molar-refractivity contribution in [3.8, 4) is 5.75 Å². The van der Waals surface area contributed by atoms with Crippen molar-refractivity contribution in [2.45, 2.75) is 45.7 Å². The van der Waals surface area contributed by atoms with Crippen LogP contribution in [0, 0.1) is 13.8 Å². The number of nitrogens with one attached hydrogen (secondary N) is 2. The highest BCUT2D eigenvalue weighted by atomic mass is 32.1. The van der Waals surface area contributed by atoms with Gasteiger partial charge < -0.3 is 20.6 Å². The van der Waals surface area contributed by atoms with E-state index in [0.717, 1.165) is 24.0 Å². The summed E-state index contributed by atoms with van der Waals surface area (Å²) >= 11 is 1.65. The smallest absolute Gasteiger partial charge is 0.253 e. The summed E-state index contributed by atoms with van der Waals surface area (Å²) in [5.41, 5.74) is 4.35. The molecule has 2 aromatic carbocycles. The molecule has 6 nitrogen and oxygen atoms in total. The molecule has 0 saturated heterocycles. The molecule has 0 saturated carbocycles. The molecule has 1 aromatic heterocycles. The van der Waals surface area contributed by atoms with E-state index in [2.05, 4.69) is 27.0 Å². The fourth-order valence-electron chi connectivity index (χ4n) is 3.94. The van der Waals surface area contributed by atoms with Crippen LogP contribution in [0.25, 0.3) is 0 Å². The van der Waals surface area contributed by atoms with Gasteiger partial charge in [0.15, 0.2) is 0 Å². The lowest BCUT2D eigenvalue weighted by molar-refractivity contribution is 0.302. The summed E-state index contributed by atoms with van der Waals surface area (Å²) in [7, 11) is 4.00. The summed E-state index contributed by atoms with van der Waals surface area (Å²) in [6, 6.07) is 5.78. The van der Waals surface area contributed by atoms with E-state index >= 15 is 0 Å². The van der Waals surface area contributed by atoms with Crippen LogP contribution in [-0.4, -0.2) is 42.7 Å². The van der Waals surface area contributed by atoms with Crippen LogP contribution in [0.1, 0.15) is 29.2 Å². The molecule has 0 aliphatic carbocycles. The number of hydrogen-bond acceptors (Lipinski definition) is 7. The van der Waals surface area contributed by atoms with Gasteiger partial charge >= 0.3 is 0 Å². The summed E-state index contributed by atoms with van der Waals surface area (Å²) < 4.78 is 0. The fraction of sp³-hybridized carbons (Fsp3) is 0.417. The number of anilines is 2. The lowest BCUT2D eigenvalue weighted by Crippen LogP contribution is -2.43. The van der Waals surface area contributed by atoms with Gasteiger partial charge in [0.05, 0.1) is 0 Å². The zero-order chi connectivity index (χ0) is 22.7. The first-order chi connectivity index (χ1) is 14.7. The van der Waals surface area contributed by atoms with E-state index in [1.54, 1.807) is 23.5 Å². The number of thiophene rings is 1. The number of phenolic OH excluding ortho intramolecular Hbond substituents is 1. The Balaban J connectivity index is 1.68. The van der Waals surface area contributed by atoms with Gasteiger partial charge in [-0.3, -0.25) is 9.59 Å². The Bertz CT molecular complexity index is 1080. The van der Waals surface area contributed by atoms with E-state index in [1.807, 2.05) is 40.2 Å². The molecule has 31 heavy (non-hydrogen) atoms. The second kappa shape index (κ2) is 9.66. The van der Waals surface area contributed by atoms with Gasteiger partial charge in [-0.15, -0.1) is 0 Å². The van der Waals surface area contributed by atoms with Crippen molar-refractivity contribution >= 4 is 22.7 Å². The Labute approximate surface area is 187 Å². The molecule has 1 heterocycles. The predicted molar refractivity (Wildman–Crippen MR) is 130 cm³/mol. The fourth-order valence-corrected chi connectivity index (χ4v) is 4.62. The van der Waals surface area contributed by atoms with Gasteiger partial charge in [-0.2, -0.15) is 11.3 Å². The van der Waals surface area contributed by atoms with E-state index in [9.17, 15) is 14.7 Å². The molecule has 3 rings (SSSR count). The van der Waals surface area contributed by atoms with Gasteiger partial charge in [-0.05, 0) is 98.9 Å². The Morgan fingerprint density at radius 1 is 1.06 bits per heavy atom. The van der Waals surface area contributed by atoms with Crippen molar-refractivity contribution in [3.63, 3.8) is 0 Å². The summed E-state index contributed by atoms with van der Waals surface area (Å²) in [6.45, 7) is 6.54. The molecule has 3 aromatic rings. The topological polar surface area (TPSA) is 81.7 Å². The third-order valence-corrected chi connectivity index (χ3v) is 6.52. The molecule has 3 N–H and O–H groups in total. The van der Waals surface area contributed by atoms with Gasteiger partial charge in [0, 0.05) is 18.6 Å². The number of hydrogen-bond donors (Lipinski definition) is 3. The molecule has 0 bridgehead atoms. The van der Waals surface area contributed by atoms with Crippen molar-refractivity contribution in [2.24, 2.45) is 0 Å². The maximum Gasteiger partial charge on any atom is 0.253 e. The Hall–Kier alpha value is -2.64. The Morgan fingerprint density at radius 2 is 1.71 bits per heavy atom. The highest BCUT2D eigenvalue weighted by Crippen LogP contribution is 2.23. The van der Waals surface area contributed by atoms with Gasteiger partial charge in [-0.1, -0.05) is 0 Å². The van der Waals surface area contributed by atoms with Crippen molar-refractivity contribution in [3.05, 3.63) is 71.7 Å². The van der Waals surface area contributed by atoms with Crippen molar-refractivity contribution in [1.29, 1.82) is 0 Å². The minimum absolute atomic E-state index is 0.0467. The molecule has 0 amide bonds. The van der Waals surface area contributed by atoms with Crippen LogP contribution in [0.2, 0.25) is 0 Å². The molecule has 0 unspecified atom stereocenters. The highest BCUT2D eigenvalue weighted by Gasteiger charge is 2.24. The van der Waals surface area contributed by atoms with Gasteiger partial charge in [0.25, 0.3) is 10.9 Å². The molecule has 166 valence electrons. The molecule has 0 radical (unpaired) electrons. The van der Waals surface area contributed by atoms with Crippen molar-refractivity contribution in [1.82, 2.24) is 4.90 Å². The first-order valence-electron chi connectivity index (χ1n) is 10.5. The number of nitrogens with zero attached hydrogens (tertiary/aromatic N) is 1. The zero-order valence-corrected chi connectivity index (χ0v) is 19.6. The highest BCUT2D eigenvalue weighted by molar-refractivity contribution is 7.07. The SMILES string of the molecule is Cc1cc(O)cc(C)c1C[C@@H](CNc1c(N[C@@H](C)Cc2ccsc2)c(=O)c1=O)N(C)C. The third-order valence-electron chi connectivity index (χ3n) is 5.79. The Kier molecular flexibility index (Phi) is 7.18. The molecule has 0 aliphatic heterocycles. The normalized spacial score (nSPS) is 13.5. The monoisotopic (exact) mass is 441 g/mol. The zero-order valence-electron chi connectivity index (χ0n) is 18.8. The largest absolute Gasteiger partial charge is 0.508 e. The lowest BCUT2D eigenvalue weighted by Gasteiger charge is -2.28. The molecule has 7 heteroatoms. The minimum atomic E-state index is -0.459. The predicted octanol–water partition coefficient (Wildman–Crippen LogP) is 3.29. The average molecular weight is 442 g/mol. The standard InChI is InChI=1S/C24H31N3O3S/c1-14-8-19(28)9-15(2)20(14)11-18(27(4)5)12-25-21-22(24(30)23(21)29)26-16(3)10-17-6-7-31-13-17/h6-9,13,16,18,25-26,28H,10-12H2,1-5H3/t16-,18-/m0/s1. The van der Waals surface area contributed by atoms with Crippen molar-refractivity contribution in [2.75, 3.05) is 31.3 Å². The van der Waals surface area contributed by atoms with Gasteiger partial charge in [-0.25, -0.2) is 0 Å². The van der Waals surface area contributed by atoms with E-state index in [-0.39, 0.29) is 17.8 Å². The number of aryl methyl sites for hydroxylation is 2. The number of aromatic hydroxyl groups is 1. The lowest BCUT2D eigenvalue weighted by atomic mass is 9.95. The van der Waals surface area contributed by atoms with Gasteiger partial charge in [0.1, 0.15) is 17.1 Å². The number of likely N-dealkylation sites (N-methyl/N-ethyl adjacent to an activating group) is 1. The van der Waals surface area contributed by atoms with Crippen LogP contribution < -0.4 is 21.5 Å². The van der Waals surface area contributed by atoms with Crippen LogP contribution in [0.4, 0.5) is 11.4 Å². The van der Waals surface area contributed by atoms with E-state index in [0.29, 0.717) is 17.9 Å². The summed E-state index contributed by atoms with van der Waals surface area (Å²) in [5.74, 6) is 0.272. The number of benzene rings is 1. The second-order valence-corrected chi connectivity index (χ2v) is 9.33. The maximum absolute atomic E-state index is 12.2. The summed E-state index contributed by atoms with van der Waals surface area (Å²) in [4.78, 5) is 26.5. The molecule has 0 aliphatic rings. The third kappa shape index (κ3) is 5.35. The molecule has 0 fully saturated rings. The van der Waals surface area contributed by atoms with E-state index < -0.39 is 10.9 Å². The maximum atomic E-state index is 12.2. The molecule has 2 atom stereocenters. The minimum Gasteiger partial charge on any atom is -0.508 e.